The van der Waals surface area contributed by atoms with Crippen molar-refractivity contribution in [3.8, 4) is 5.75 Å². The van der Waals surface area contributed by atoms with Gasteiger partial charge >= 0.3 is 0 Å². The molecule has 4 nitrogen and oxygen atoms in total. The summed E-state index contributed by atoms with van der Waals surface area (Å²) < 4.78 is 18.7. The smallest absolute Gasteiger partial charge is 0.220 e. The van der Waals surface area contributed by atoms with Gasteiger partial charge in [-0.3, -0.25) is 4.79 Å². The summed E-state index contributed by atoms with van der Waals surface area (Å²) in [7, 11) is 1.55. The van der Waals surface area contributed by atoms with Crippen molar-refractivity contribution >= 4 is 5.91 Å². The Bertz CT molecular complexity index is 479. The zero-order valence-electron chi connectivity index (χ0n) is 11.2. The first-order valence-corrected chi connectivity index (χ1v) is 6.41. The fourth-order valence-corrected chi connectivity index (χ4v) is 2.86. The molecule has 0 bridgehead atoms. The van der Waals surface area contributed by atoms with Gasteiger partial charge in [0.05, 0.1) is 13.2 Å². The second-order valence-corrected chi connectivity index (χ2v) is 4.80. The van der Waals surface area contributed by atoms with E-state index in [0.29, 0.717) is 17.9 Å². The molecule has 1 aromatic carbocycles. The number of rotatable bonds is 3. The second kappa shape index (κ2) is 5.57. The Balaban J connectivity index is 2.40. The molecule has 104 valence electrons. The van der Waals surface area contributed by atoms with E-state index in [-0.39, 0.29) is 23.8 Å². The van der Waals surface area contributed by atoms with Crippen molar-refractivity contribution in [3.05, 3.63) is 29.6 Å². The van der Waals surface area contributed by atoms with Crippen LogP contribution in [0.2, 0.25) is 0 Å². The zero-order chi connectivity index (χ0) is 14.0. The van der Waals surface area contributed by atoms with E-state index in [1.54, 1.807) is 18.1 Å². The number of methoxy groups -OCH3 is 1. The normalized spacial score (nSPS) is 22.6. The van der Waals surface area contributed by atoms with Crippen LogP contribution in [0.15, 0.2) is 18.2 Å². The average Bonchev–Trinajstić information content (AvgIpc) is 2.82. The van der Waals surface area contributed by atoms with Crippen molar-refractivity contribution in [2.45, 2.75) is 31.8 Å². The van der Waals surface area contributed by atoms with Crippen LogP contribution >= 0.6 is 0 Å². The molecule has 0 aromatic heterocycles. The van der Waals surface area contributed by atoms with Crippen LogP contribution in [0.3, 0.4) is 0 Å². The van der Waals surface area contributed by atoms with Gasteiger partial charge in [-0.15, -0.1) is 0 Å². The van der Waals surface area contributed by atoms with E-state index < -0.39 is 0 Å². The van der Waals surface area contributed by atoms with Gasteiger partial charge < -0.3 is 15.4 Å². The quantitative estimate of drug-likeness (QED) is 0.908. The third-order valence-electron chi connectivity index (χ3n) is 3.69. The second-order valence-electron chi connectivity index (χ2n) is 4.80. The van der Waals surface area contributed by atoms with E-state index in [1.807, 2.05) is 0 Å². The Kier molecular flexibility index (Phi) is 4.04. The van der Waals surface area contributed by atoms with Crippen LogP contribution in [0.25, 0.3) is 0 Å². The van der Waals surface area contributed by atoms with Gasteiger partial charge in [0.1, 0.15) is 11.6 Å². The van der Waals surface area contributed by atoms with Gasteiger partial charge in [0.25, 0.3) is 0 Å². The lowest BCUT2D eigenvalue weighted by Gasteiger charge is -2.29. The maximum Gasteiger partial charge on any atom is 0.220 e. The Morgan fingerprint density at radius 3 is 2.84 bits per heavy atom. The fraction of sp³-hybridized carbons (Fsp3) is 0.500. The number of carbonyl (C=O) groups excluding carboxylic acids is 1. The Labute approximate surface area is 112 Å². The number of carbonyl (C=O) groups is 1. The molecule has 1 saturated heterocycles. The van der Waals surface area contributed by atoms with Gasteiger partial charge in [-0.05, 0) is 31.0 Å². The molecule has 19 heavy (non-hydrogen) atoms. The van der Waals surface area contributed by atoms with Crippen molar-refractivity contribution in [1.82, 2.24) is 4.90 Å². The summed E-state index contributed by atoms with van der Waals surface area (Å²) in [6.45, 7) is 1.94. The number of halogens is 1. The van der Waals surface area contributed by atoms with Crippen LogP contribution in [-0.2, 0) is 4.79 Å². The highest BCUT2D eigenvalue weighted by molar-refractivity contribution is 5.75. The van der Waals surface area contributed by atoms with Crippen molar-refractivity contribution < 1.29 is 13.9 Å². The lowest BCUT2D eigenvalue weighted by Crippen LogP contribution is -2.40. The minimum atomic E-state index is -0.324. The minimum Gasteiger partial charge on any atom is -0.496 e. The van der Waals surface area contributed by atoms with E-state index in [1.165, 1.54) is 19.1 Å². The van der Waals surface area contributed by atoms with Crippen LogP contribution in [0.1, 0.15) is 31.4 Å². The first-order chi connectivity index (χ1) is 9.08. The average molecular weight is 266 g/mol. The Morgan fingerprint density at radius 1 is 1.53 bits per heavy atom. The van der Waals surface area contributed by atoms with Crippen LogP contribution in [0.4, 0.5) is 4.39 Å². The number of hydrogen-bond donors (Lipinski definition) is 1. The molecule has 2 rings (SSSR count). The molecule has 0 saturated carbocycles. The van der Waals surface area contributed by atoms with Crippen LogP contribution in [-0.4, -0.2) is 30.5 Å². The molecule has 1 aliphatic rings. The maximum absolute atomic E-state index is 13.5. The highest BCUT2D eigenvalue weighted by atomic mass is 19.1. The first kappa shape index (κ1) is 13.8. The van der Waals surface area contributed by atoms with Crippen molar-refractivity contribution in [2.75, 3.05) is 13.7 Å². The fourth-order valence-electron chi connectivity index (χ4n) is 2.86. The van der Waals surface area contributed by atoms with E-state index >= 15 is 0 Å². The molecule has 2 unspecified atom stereocenters. The van der Waals surface area contributed by atoms with E-state index in [2.05, 4.69) is 0 Å². The number of nitrogens with two attached hydrogens (primary N) is 1. The molecule has 5 heteroatoms. The number of amides is 1. The third kappa shape index (κ3) is 2.56. The largest absolute Gasteiger partial charge is 0.496 e. The van der Waals surface area contributed by atoms with Crippen LogP contribution in [0, 0.1) is 5.82 Å². The zero-order valence-corrected chi connectivity index (χ0v) is 11.2. The van der Waals surface area contributed by atoms with Crippen molar-refractivity contribution in [2.24, 2.45) is 5.73 Å². The number of nitrogens with zero attached hydrogens (tertiary/aromatic N) is 1. The molecule has 2 atom stereocenters. The highest BCUT2D eigenvalue weighted by Crippen LogP contribution is 2.40. The van der Waals surface area contributed by atoms with Gasteiger partial charge in [-0.2, -0.15) is 0 Å². The van der Waals surface area contributed by atoms with Gasteiger partial charge in [0, 0.05) is 25.1 Å². The number of ether oxygens (including phenoxy) is 1. The lowest BCUT2D eigenvalue weighted by molar-refractivity contribution is -0.131. The lowest BCUT2D eigenvalue weighted by atomic mass is 10.0. The summed E-state index contributed by atoms with van der Waals surface area (Å²) in [6.07, 6.45) is 1.61. The van der Waals surface area contributed by atoms with Gasteiger partial charge in [0.15, 0.2) is 0 Å². The summed E-state index contributed by atoms with van der Waals surface area (Å²) in [4.78, 5) is 13.6. The highest BCUT2D eigenvalue weighted by Gasteiger charge is 2.36. The number of hydrogen-bond acceptors (Lipinski definition) is 3. The summed E-state index contributed by atoms with van der Waals surface area (Å²) >= 11 is 0. The van der Waals surface area contributed by atoms with E-state index in [0.717, 1.165) is 12.8 Å². The van der Waals surface area contributed by atoms with E-state index in [4.69, 9.17) is 10.5 Å². The Morgan fingerprint density at radius 2 is 2.26 bits per heavy atom. The topological polar surface area (TPSA) is 55.6 Å². The molecule has 0 spiro atoms. The molecule has 1 fully saturated rings. The summed E-state index contributed by atoms with van der Waals surface area (Å²) in [5, 5.41) is 0. The number of benzene rings is 1. The summed E-state index contributed by atoms with van der Waals surface area (Å²) in [6, 6.07) is 4.26. The van der Waals surface area contributed by atoms with Crippen molar-refractivity contribution in [3.63, 3.8) is 0 Å². The predicted octanol–water partition coefficient (Wildman–Crippen LogP) is 1.84. The molecule has 2 N–H and O–H groups in total. The van der Waals surface area contributed by atoms with Gasteiger partial charge in [-0.25, -0.2) is 4.39 Å². The number of likely N-dealkylation sites (tertiary alicyclic amines) is 1. The molecule has 0 aliphatic carbocycles. The standard InChI is InChI=1S/C14H19FN2O2/c1-9(18)17-11(8-16)4-5-13(17)12-7-10(15)3-6-14(12)19-2/h3,6-7,11,13H,4-5,8,16H2,1-2H3. The molecule has 1 aromatic rings. The predicted molar refractivity (Wildman–Crippen MR) is 70.3 cm³/mol. The molecule has 1 heterocycles. The SMILES string of the molecule is COc1ccc(F)cc1C1CCC(CN)N1C(C)=O. The third-order valence-corrected chi connectivity index (χ3v) is 3.69. The molecule has 0 radical (unpaired) electrons. The van der Waals surface area contributed by atoms with E-state index in [9.17, 15) is 9.18 Å². The monoisotopic (exact) mass is 266 g/mol. The minimum absolute atomic E-state index is 0.0236. The maximum atomic E-state index is 13.5. The molecular formula is C14H19FN2O2. The first-order valence-electron chi connectivity index (χ1n) is 6.41. The van der Waals surface area contributed by atoms with Crippen molar-refractivity contribution in [1.29, 1.82) is 0 Å². The summed E-state index contributed by atoms with van der Waals surface area (Å²) in [5.41, 5.74) is 6.42. The molecule has 1 amide bonds. The Hall–Kier alpha value is -1.62. The molecule has 1 aliphatic heterocycles. The van der Waals surface area contributed by atoms with Gasteiger partial charge in [-0.1, -0.05) is 0 Å². The van der Waals surface area contributed by atoms with Crippen LogP contribution in [0.5, 0.6) is 5.75 Å². The summed E-state index contributed by atoms with van der Waals surface area (Å²) in [5.74, 6) is 0.245. The molecular weight excluding hydrogens is 247 g/mol. The van der Waals surface area contributed by atoms with Crippen LogP contribution < -0.4 is 10.5 Å². The van der Waals surface area contributed by atoms with Gasteiger partial charge in [0.2, 0.25) is 5.91 Å².